The highest BCUT2D eigenvalue weighted by Crippen LogP contribution is 2.30. The molecule has 3 heteroatoms. The molecule has 3 nitrogen and oxygen atoms in total. The number of nitrogens with zero attached hydrogens (tertiary/aromatic N) is 2. The molecule has 0 amide bonds. The summed E-state index contributed by atoms with van der Waals surface area (Å²) in [5.41, 5.74) is 3.98. The third kappa shape index (κ3) is 2.52. The summed E-state index contributed by atoms with van der Waals surface area (Å²) in [7, 11) is 6.16. The zero-order valence-corrected chi connectivity index (χ0v) is 12.2. The smallest absolute Gasteiger partial charge is 0.122 e. The maximum atomic E-state index is 5.39. The first-order valence-electron chi connectivity index (χ1n) is 6.57. The van der Waals surface area contributed by atoms with Crippen LogP contribution >= 0.6 is 0 Å². The quantitative estimate of drug-likeness (QED) is 0.798. The summed E-state index contributed by atoms with van der Waals surface area (Å²) in [5, 5.41) is 0. The van der Waals surface area contributed by atoms with Gasteiger partial charge in [-0.1, -0.05) is 6.07 Å². The summed E-state index contributed by atoms with van der Waals surface area (Å²) >= 11 is 0. The molecular formula is C15H24N2O. The number of hydrogen-bond acceptors (Lipinski definition) is 3. The van der Waals surface area contributed by atoms with E-state index in [-0.39, 0.29) is 0 Å². The summed E-state index contributed by atoms with van der Waals surface area (Å²) in [4.78, 5) is 4.86. The number of ether oxygens (including phenoxy) is 1. The van der Waals surface area contributed by atoms with Crippen molar-refractivity contribution >= 4 is 0 Å². The van der Waals surface area contributed by atoms with Crippen LogP contribution in [0.2, 0.25) is 0 Å². The average Bonchev–Trinajstić information content (AvgIpc) is 2.35. The Morgan fingerprint density at radius 3 is 2.50 bits per heavy atom. The number of piperazine rings is 1. The second-order valence-electron chi connectivity index (χ2n) is 5.44. The molecule has 1 fully saturated rings. The molecule has 1 heterocycles. The van der Waals surface area contributed by atoms with Crippen molar-refractivity contribution in [2.75, 3.05) is 40.8 Å². The van der Waals surface area contributed by atoms with Crippen molar-refractivity contribution in [2.24, 2.45) is 0 Å². The van der Waals surface area contributed by atoms with E-state index in [2.05, 4.69) is 49.9 Å². The topological polar surface area (TPSA) is 15.7 Å². The molecule has 1 atom stereocenters. The van der Waals surface area contributed by atoms with E-state index in [1.807, 2.05) is 0 Å². The number of likely N-dealkylation sites (N-methyl/N-ethyl adjacent to an activating group) is 2. The van der Waals surface area contributed by atoms with Gasteiger partial charge in [0.25, 0.3) is 0 Å². The molecule has 18 heavy (non-hydrogen) atoms. The Labute approximate surface area is 110 Å². The van der Waals surface area contributed by atoms with Gasteiger partial charge in [-0.25, -0.2) is 0 Å². The fourth-order valence-electron chi connectivity index (χ4n) is 2.74. The second kappa shape index (κ2) is 5.29. The van der Waals surface area contributed by atoms with Gasteiger partial charge in [-0.05, 0) is 50.7 Å². The fraction of sp³-hybridized carbons (Fsp3) is 0.600. The van der Waals surface area contributed by atoms with Crippen LogP contribution in [0, 0.1) is 13.8 Å². The average molecular weight is 248 g/mol. The molecule has 1 aromatic rings. The second-order valence-corrected chi connectivity index (χ2v) is 5.44. The van der Waals surface area contributed by atoms with E-state index >= 15 is 0 Å². The third-order valence-corrected chi connectivity index (χ3v) is 3.99. The highest BCUT2D eigenvalue weighted by molar-refractivity contribution is 5.43. The predicted molar refractivity (Wildman–Crippen MR) is 75.3 cm³/mol. The Hall–Kier alpha value is -1.06. The van der Waals surface area contributed by atoms with E-state index in [1.54, 1.807) is 7.11 Å². The standard InChI is InChI=1S/C15H24N2O/c1-11-9-15(18-5)12(2)8-13(11)14-10-16(3)6-7-17(14)4/h8-9,14H,6-7,10H2,1-5H3. The molecule has 100 valence electrons. The zero-order valence-electron chi connectivity index (χ0n) is 12.2. The first-order valence-corrected chi connectivity index (χ1v) is 6.57. The first kappa shape index (κ1) is 13.4. The summed E-state index contributed by atoms with van der Waals surface area (Å²) in [6, 6.07) is 4.94. The number of rotatable bonds is 2. The van der Waals surface area contributed by atoms with Crippen LogP contribution in [-0.2, 0) is 0 Å². The van der Waals surface area contributed by atoms with Crippen molar-refractivity contribution < 1.29 is 4.74 Å². The lowest BCUT2D eigenvalue weighted by Gasteiger charge is -2.38. The molecule has 1 saturated heterocycles. The predicted octanol–water partition coefficient (Wildman–Crippen LogP) is 2.23. The minimum atomic E-state index is 0.494. The molecule has 1 aliphatic heterocycles. The van der Waals surface area contributed by atoms with E-state index in [0.29, 0.717) is 6.04 Å². The molecule has 2 rings (SSSR count). The highest BCUT2D eigenvalue weighted by atomic mass is 16.5. The van der Waals surface area contributed by atoms with Gasteiger partial charge in [0.05, 0.1) is 7.11 Å². The highest BCUT2D eigenvalue weighted by Gasteiger charge is 2.25. The lowest BCUT2D eigenvalue weighted by atomic mass is 9.96. The largest absolute Gasteiger partial charge is 0.496 e. The van der Waals surface area contributed by atoms with Gasteiger partial charge in [-0.15, -0.1) is 0 Å². The molecule has 0 N–H and O–H groups in total. The lowest BCUT2D eigenvalue weighted by Crippen LogP contribution is -2.45. The van der Waals surface area contributed by atoms with Gasteiger partial charge >= 0.3 is 0 Å². The van der Waals surface area contributed by atoms with Crippen LogP contribution in [0.15, 0.2) is 12.1 Å². The van der Waals surface area contributed by atoms with Gasteiger partial charge in [0.1, 0.15) is 5.75 Å². The summed E-state index contributed by atoms with van der Waals surface area (Å²) < 4.78 is 5.39. The first-order chi connectivity index (χ1) is 8.52. The molecule has 0 saturated carbocycles. The van der Waals surface area contributed by atoms with E-state index in [9.17, 15) is 0 Å². The SMILES string of the molecule is COc1cc(C)c(C2CN(C)CCN2C)cc1C. The molecule has 0 spiro atoms. The maximum absolute atomic E-state index is 5.39. The lowest BCUT2D eigenvalue weighted by molar-refractivity contribution is 0.114. The van der Waals surface area contributed by atoms with Crippen LogP contribution in [0.5, 0.6) is 5.75 Å². The van der Waals surface area contributed by atoms with Crippen LogP contribution in [0.1, 0.15) is 22.7 Å². The number of aryl methyl sites for hydroxylation is 2. The zero-order chi connectivity index (χ0) is 13.3. The van der Waals surface area contributed by atoms with E-state index in [4.69, 9.17) is 4.74 Å². The fourth-order valence-corrected chi connectivity index (χ4v) is 2.74. The molecule has 0 aromatic heterocycles. The van der Waals surface area contributed by atoms with Gasteiger partial charge in [0.2, 0.25) is 0 Å². The van der Waals surface area contributed by atoms with Gasteiger partial charge in [0.15, 0.2) is 0 Å². The van der Waals surface area contributed by atoms with Crippen molar-refractivity contribution in [3.63, 3.8) is 0 Å². The van der Waals surface area contributed by atoms with E-state index in [0.717, 1.165) is 25.4 Å². The molecule has 0 radical (unpaired) electrons. The van der Waals surface area contributed by atoms with Crippen molar-refractivity contribution in [1.29, 1.82) is 0 Å². The van der Waals surface area contributed by atoms with Gasteiger partial charge in [-0.3, -0.25) is 4.90 Å². The van der Waals surface area contributed by atoms with Crippen molar-refractivity contribution in [3.05, 3.63) is 28.8 Å². The molecular weight excluding hydrogens is 224 g/mol. The van der Waals surface area contributed by atoms with Crippen LogP contribution < -0.4 is 4.74 Å². The minimum absolute atomic E-state index is 0.494. The molecule has 0 aliphatic carbocycles. The Morgan fingerprint density at radius 2 is 1.83 bits per heavy atom. The van der Waals surface area contributed by atoms with Crippen LogP contribution in [0.4, 0.5) is 0 Å². The minimum Gasteiger partial charge on any atom is -0.496 e. The van der Waals surface area contributed by atoms with Crippen molar-refractivity contribution in [1.82, 2.24) is 9.80 Å². The summed E-state index contributed by atoms with van der Waals surface area (Å²) in [6.45, 7) is 7.68. The van der Waals surface area contributed by atoms with Crippen LogP contribution in [0.25, 0.3) is 0 Å². The Kier molecular flexibility index (Phi) is 3.93. The molecule has 1 unspecified atom stereocenters. The van der Waals surface area contributed by atoms with Crippen molar-refractivity contribution in [3.8, 4) is 5.75 Å². The number of methoxy groups -OCH3 is 1. The number of benzene rings is 1. The monoisotopic (exact) mass is 248 g/mol. The number of hydrogen-bond donors (Lipinski definition) is 0. The van der Waals surface area contributed by atoms with Crippen molar-refractivity contribution in [2.45, 2.75) is 19.9 Å². The molecule has 1 aliphatic rings. The van der Waals surface area contributed by atoms with E-state index in [1.165, 1.54) is 16.7 Å². The van der Waals surface area contributed by atoms with Crippen LogP contribution in [0.3, 0.4) is 0 Å². The molecule has 0 bridgehead atoms. The maximum Gasteiger partial charge on any atom is 0.122 e. The van der Waals surface area contributed by atoms with Gasteiger partial charge in [0, 0.05) is 25.7 Å². The molecule has 1 aromatic carbocycles. The van der Waals surface area contributed by atoms with E-state index < -0.39 is 0 Å². The Balaban J connectivity index is 2.34. The van der Waals surface area contributed by atoms with Gasteiger partial charge < -0.3 is 9.64 Å². The normalized spacial score (nSPS) is 22.2. The van der Waals surface area contributed by atoms with Crippen LogP contribution in [-0.4, -0.2) is 50.6 Å². The Morgan fingerprint density at radius 1 is 1.11 bits per heavy atom. The summed E-state index contributed by atoms with van der Waals surface area (Å²) in [5.74, 6) is 0.989. The summed E-state index contributed by atoms with van der Waals surface area (Å²) in [6.07, 6.45) is 0. The van der Waals surface area contributed by atoms with Gasteiger partial charge in [-0.2, -0.15) is 0 Å². The third-order valence-electron chi connectivity index (χ3n) is 3.99. The Bertz CT molecular complexity index is 431.